The molecule has 143 heavy (non-hydrogen) atoms. The van der Waals surface area contributed by atoms with Crippen molar-refractivity contribution in [3.63, 3.8) is 0 Å². The van der Waals surface area contributed by atoms with Crippen LogP contribution in [0.3, 0.4) is 0 Å². The number of terminal acetylenes is 1. The standard InChI is InChI=1S/C19H29FN2O3Si.2C15H17FN2O4.C13H15FN2O3.C11H13FN2O3.C9H14O2.C6H4BrFN2O2.C6H5FN2O2.Br2.ClH/c1-18(2,3)26(6,7)25-9-8-19(4,5)17-11-13-10-16(22(23)24)14(20)12-15(13)21-17;1-4-22-14(19)8-15(2,3)13-6-9-5-12(18(20)21)10(16)7-11(9)17-13;1-4-22-14(19)9-15(2,3)6-5-10-7-13(18(20)21)11(16)8-12(10)17;1-13(2,3-4-17)12-6-8-5-11(16(18)19)9(14)7-10(8)15-12;1-11(2,3)10(15)13-7-4-5-9(14(16)17)8(12)6-7;1-5-9(3,4)7-8(10)11-6-2;7-3-1-6(10(11)12)4(8)2-5(3)9;7-5-3-4(8)1-2-6(5)9(10)11;1-2;/h10-12,21H,8-9H2,1-7H3;5-7,17H,4,8H2,1-3H3;7-8H,4,9,17H2,1-3H3;5-7,15,17H,3-4H2,1-2H3;4-6H,1-3H3,(H,13,15);1H,6-7H2,2-4H3;1-2H,9H2;1-3H,8H2;;1H. The third-order valence-corrected chi connectivity index (χ3v) is 26.2. The Labute approximate surface area is 849 Å². The fourth-order valence-corrected chi connectivity index (χ4v) is 13.0. The van der Waals surface area contributed by atoms with Gasteiger partial charge in [0, 0.05) is 230 Å². The zero-order valence-electron chi connectivity index (χ0n) is 82.1. The number of halogens is 11. The molecule has 11 N–H and O–H groups in total. The van der Waals surface area contributed by atoms with Crippen LogP contribution in [0.4, 0.5) is 93.3 Å². The number of aliphatic hydroxyl groups excluding tert-OH is 1. The van der Waals surface area contributed by atoms with E-state index in [4.69, 9.17) is 47.4 Å². The summed E-state index contributed by atoms with van der Waals surface area (Å²) in [6.45, 7) is 42.0. The average Bonchev–Trinajstić information content (AvgIpc) is 1.65. The molecule has 0 aliphatic heterocycles. The predicted molar refractivity (Wildman–Crippen MR) is 547 cm³/mol. The van der Waals surface area contributed by atoms with Crippen molar-refractivity contribution in [2.24, 2.45) is 16.2 Å². The number of aliphatic hydroxyl groups is 1. The SMILES string of the molecule is BrBr.C#CC(C)(C)CC(=O)OCC.CC(C)(C)C(=O)Nc1ccc([N+](=O)[O-])c(F)c1.CC(C)(CCO)c1cc2cc([N+](=O)[O-])c(F)cc2[nH]1.CC(C)(CCO[Si](C)(C)C(C)(C)C)c1cc2cc([N+](=O)[O-])c(F)cc2[nH]1.CCOC(=O)CC(C)(C)C#Cc1cc([N+](=O)[O-])c(F)cc1N.CCOC(=O)CC(C)(C)c1cc2cc([N+](=O)[O-])c(F)cc2[nH]1.Cl.Nc1cc(F)c([N+](=O)[O-])cc1Br.Nc1ccc([N+](=O)[O-])c(F)c1. The number of fused-ring (bicyclic) bond motifs is 3. The van der Waals surface area contributed by atoms with Crippen LogP contribution in [0.2, 0.25) is 18.1 Å². The van der Waals surface area contributed by atoms with Crippen LogP contribution in [0.25, 0.3) is 32.7 Å². The third kappa shape index (κ3) is 40.2. The zero-order valence-corrected chi connectivity index (χ0v) is 88.7. The van der Waals surface area contributed by atoms with E-state index in [1.54, 1.807) is 67.5 Å². The van der Waals surface area contributed by atoms with E-state index in [1.165, 1.54) is 36.4 Å². The number of hydrogen-bond acceptors (Lipinski definition) is 26. The number of benzene rings is 7. The van der Waals surface area contributed by atoms with Gasteiger partial charge in [-0.1, -0.05) is 101 Å². The summed E-state index contributed by atoms with van der Waals surface area (Å²) in [4.78, 5) is 123. The second-order valence-corrected chi connectivity index (χ2v) is 42.6. The number of ether oxygens (including phenoxy) is 3. The predicted octanol–water partition coefficient (Wildman–Crippen LogP) is 24.7. The molecule has 780 valence electrons. The minimum atomic E-state index is -1.80. The number of aromatic nitrogens is 3. The Morgan fingerprint density at radius 3 is 1.13 bits per heavy atom. The van der Waals surface area contributed by atoms with Crippen LogP contribution in [0, 0.1) is 152 Å². The summed E-state index contributed by atoms with van der Waals surface area (Å²) < 4.78 is 114. The number of hydrogen-bond donors (Lipinski definition) is 8. The maximum atomic E-state index is 13.8. The van der Waals surface area contributed by atoms with Gasteiger partial charge in [0.05, 0.1) is 84.8 Å². The highest BCUT2D eigenvalue weighted by atomic mass is 80.9. The quantitative estimate of drug-likeness (QED) is 0.00365. The van der Waals surface area contributed by atoms with Crippen LogP contribution in [-0.4, -0.2) is 120 Å². The molecule has 1 amide bonds. The largest absolute Gasteiger partial charge is 0.466 e. The summed E-state index contributed by atoms with van der Waals surface area (Å²) >= 11 is 8.45. The number of anilines is 4. The number of carbonyl (C=O) groups excluding carboxylic acids is 4. The highest BCUT2D eigenvalue weighted by Gasteiger charge is 2.39. The van der Waals surface area contributed by atoms with Gasteiger partial charge in [0.25, 0.3) is 0 Å². The summed E-state index contributed by atoms with van der Waals surface area (Å²) in [7, 11) is -1.80. The average molecular weight is 2250 g/mol. The number of nitro benzene ring substituents is 7. The van der Waals surface area contributed by atoms with Gasteiger partial charge >= 0.3 is 57.7 Å². The Balaban J connectivity index is 0.000000827. The van der Waals surface area contributed by atoms with E-state index in [2.05, 4.69) is 130 Å². The molecule has 0 saturated heterocycles. The summed E-state index contributed by atoms with van der Waals surface area (Å²) in [5, 5.41) is 87.2. The van der Waals surface area contributed by atoms with Gasteiger partial charge in [0.15, 0.2) is 8.32 Å². The molecule has 3 heterocycles. The number of nitrogens with two attached hydrogens (primary N) is 3. The Morgan fingerprint density at radius 2 is 0.776 bits per heavy atom. The number of esters is 3. The fraction of sp³-hybridized carbons (Fsp3) is 0.404. The molecule has 37 nitrogen and oxygen atoms in total. The molecule has 0 radical (unpaired) electrons. The van der Waals surface area contributed by atoms with Crippen LogP contribution in [0.15, 0.2) is 120 Å². The minimum Gasteiger partial charge on any atom is -0.466 e. The van der Waals surface area contributed by atoms with E-state index >= 15 is 0 Å². The summed E-state index contributed by atoms with van der Waals surface area (Å²) in [6.07, 6.45) is 7.05. The van der Waals surface area contributed by atoms with E-state index in [-0.39, 0.29) is 118 Å². The Hall–Kier alpha value is -13.3. The molecule has 0 bridgehead atoms. The van der Waals surface area contributed by atoms with Crippen molar-refractivity contribution in [1.29, 1.82) is 0 Å². The van der Waals surface area contributed by atoms with Crippen LogP contribution in [-0.2, 0) is 54.1 Å². The number of nitrogens with zero attached hydrogens (tertiary/aromatic N) is 7. The van der Waals surface area contributed by atoms with Crippen LogP contribution in [0.5, 0.6) is 0 Å². The van der Waals surface area contributed by atoms with Crippen molar-refractivity contribution in [3.05, 3.63) is 254 Å². The highest BCUT2D eigenvalue weighted by molar-refractivity contribution is 9.93. The number of amides is 1. The molecular weight excluding hydrogens is 2130 g/mol. The highest BCUT2D eigenvalue weighted by Crippen LogP contribution is 2.41. The number of rotatable bonds is 26. The first-order chi connectivity index (χ1) is 65.3. The van der Waals surface area contributed by atoms with Gasteiger partial charge in [-0.2, -0.15) is 30.7 Å². The zero-order chi connectivity index (χ0) is 109. The molecular formula is C94H115Br3ClF7N14O23Si. The second kappa shape index (κ2) is 55.4. The van der Waals surface area contributed by atoms with Crippen molar-refractivity contribution < 1.29 is 108 Å². The van der Waals surface area contributed by atoms with E-state index in [0.29, 0.717) is 69.1 Å². The lowest BCUT2D eigenvalue weighted by Crippen LogP contribution is -2.41. The van der Waals surface area contributed by atoms with Crippen LogP contribution >= 0.6 is 56.6 Å². The Morgan fingerprint density at radius 1 is 0.448 bits per heavy atom. The summed E-state index contributed by atoms with van der Waals surface area (Å²) in [5.41, 5.74) is 13.9. The summed E-state index contributed by atoms with van der Waals surface area (Å²) in [6, 6.07) is 22.7. The number of nitro groups is 7. The lowest BCUT2D eigenvalue weighted by Gasteiger charge is -2.37. The van der Waals surface area contributed by atoms with Crippen molar-refractivity contribution >= 4 is 184 Å². The first kappa shape index (κ1) is 128. The van der Waals surface area contributed by atoms with Gasteiger partial charge in [-0.25, -0.2) is 0 Å². The molecule has 10 aromatic rings. The van der Waals surface area contributed by atoms with Gasteiger partial charge in [0.2, 0.25) is 46.6 Å². The number of carbonyl (C=O) groups is 4. The van der Waals surface area contributed by atoms with Crippen molar-refractivity contribution in [1.82, 2.24) is 15.0 Å². The monoisotopic (exact) mass is 2240 g/mol. The molecule has 10 rings (SSSR count). The molecule has 0 saturated carbocycles. The summed E-state index contributed by atoms with van der Waals surface area (Å²) in [5.74, 6) is 0.385. The number of aromatic amines is 3. The molecule has 7 aromatic carbocycles. The molecule has 0 aliphatic carbocycles. The lowest BCUT2D eigenvalue weighted by molar-refractivity contribution is -0.387. The maximum absolute atomic E-state index is 13.8. The van der Waals surface area contributed by atoms with Gasteiger partial charge in [-0.3, -0.25) is 90.0 Å². The van der Waals surface area contributed by atoms with Crippen molar-refractivity contribution in [2.45, 2.75) is 198 Å². The number of nitrogens with one attached hydrogen (secondary N) is 4. The normalized spacial score (nSPS) is 11.2. The van der Waals surface area contributed by atoms with Gasteiger partial charge in [-0.05, 0) is 126 Å². The lowest BCUT2D eigenvalue weighted by atomic mass is 9.86. The first-order valence-electron chi connectivity index (χ1n) is 42.7. The number of H-pyrrole nitrogens is 3. The van der Waals surface area contributed by atoms with Gasteiger partial charge in [0.1, 0.15) is 0 Å². The van der Waals surface area contributed by atoms with Crippen LogP contribution in [0.1, 0.15) is 186 Å². The molecule has 3 aromatic heterocycles. The topological polar surface area (TPSA) is 565 Å². The molecule has 0 spiro atoms. The second-order valence-electron chi connectivity index (χ2n) is 36.9. The van der Waals surface area contributed by atoms with Crippen molar-refractivity contribution in [2.75, 3.05) is 55.6 Å². The first-order valence-corrected chi connectivity index (χ1v) is 50.1. The van der Waals surface area contributed by atoms with Gasteiger partial charge in [-0.15, -0.1) is 18.8 Å². The Kier molecular flexibility index (Phi) is 49.5. The van der Waals surface area contributed by atoms with E-state index in [1.807, 2.05) is 47.6 Å². The molecule has 49 heteroatoms. The van der Waals surface area contributed by atoms with Crippen molar-refractivity contribution in [3.8, 4) is 24.2 Å². The van der Waals surface area contributed by atoms with E-state index < -0.39 is 140 Å². The third-order valence-electron chi connectivity index (χ3n) is 21.0. The Bertz CT molecular complexity index is 6350. The molecule has 0 unspecified atom stereocenters. The van der Waals surface area contributed by atoms with E-state index in [9.17, 15) is 121 Å². The fourth-order valence-electron chi connectivity index (χ4n) is 11.7. The van der Waals surface area contributed by atoms with Crippen LogP contribution < -0.4 is 22.5 Å². The smallest absolute Gasteiger partial charge is 0.307 e. The minimum absolute atomic E-state index is 0. The molecule has 0 atom stereocenters. The molecule has 0 fully saturated rings. The van der Waals surface area contributed by atoms with Gasteiger partial charge < -0.3 is 61.2 Å². The maximum Gasteiger partial charge on any atom is 0.307 e. The van der Waals surface area contributed by atoms with E-state index in [0.717, 1.165) is 78.5 Å². The number of nitrogen functional groups attached to an aromatic ring is 3. The molecule has 0 aliphatic rings.